The molecule has 0 N–H and O–H groups in total. The first kappa shape index (κ1) is 17.7. The highest BCUT2D eigenvalue weighted by Crippen LogP contribution is 2.30. The summed E-state index contributed by atoms with van der Waals surface area (Å²) < 4.78 is 0. The Kier molecular flexibility index (Phi) is 10.9. The van der Waals surface area contributed by atoms with Crippen molar-refractivity contribution in [2.45, 2.75) is 49.5 Å². The van der Waals surface area contributed by atoms with E-state index in [4.69, 9.17) is 0 Å². The molecule has 76 valence electrons. The van der Waals surface area contributed by atoms with Crippen molar-refractivity contribution in [2.24, 2.45) is 17.8 Å². The van der Waals surface area contributed by atoms with Crippen molar-refractivity contribution >= 4 is 0 Å². The molecule has 0 aliphatic heterocycles. The van der Waals surface area contributed by atoms with Crippen molar-refractivity contribution in [3.63, 3.8) is 0 Å². The van der Waals surface area contributed by atoms with Crippen LogP contribution in [0.5, 0.6) is 0 Å². The molecule has 0 bridgehead atoms. The topological polar surface area (TPSA) is 0 Å². The second-order valence-electron chi connectivity index (χ2n) is 3.46. The van der Waals surface area contributed by atoms with Gasteiger partial charge < -0.3 is 0 Å². The van der Waals surface area contributed by atoms with Gasteiger partial charge >= 0.3 is 0 Å². The molecular weight excluding hydrogens is 144 g/mol. The molecule has 0 amide bonds. The van der Waals surface area contributed by atoms with Gasteiger partial charge in [-0.1, -0.05) is 55.2 Å². The van der Waals surface area contributed by atoms with Gasteiger partial charge in [-0.3, -0.25) is 0 Å². The molecule has 0 spiro atoms. The summed E-state index contributed by atoms with van der Waals surface area (Å²) in [6, 6.07) is 0. The fraction of sp³-hybridized carbons (Fsp3) is 0.833. The van der Waals surface area contributed by atoms with Crippen LogP contribution in [0.1, 0.15) is 49.5 Å². The minimum Gasteiger partial charge on any atom is -0.0880 e. The Hall–Kier alpha value is -0.260. The van der Waals surface area contributed by atoms with E-state index in [1.807, 2.05) is 0 Å². The van der Waals surface area contributed by atoms with Gasteiger partial charge in [0.15, 0.2) is 0 Å². The van der Waals surface area contributed by atoms with Crippen molar-refractivity contribution in [3.05, 3.63) is 12.2 Å². The highest BCUT2D eigenvalue weighted by atomic mass is 14.3. The maximum absolute atomic E-state index is 2.37. The van der Waals surface area contributed by atoms with Crippen molar-refractivity contribution in [2.75, 3.05) is 0 Å². The van der Waals surface area contributed by atoms with Crippen LogP contribution < -0.4 is 0 Å². The van der Waals surface area contributed by atoms with E-state index in [9.17, 15) is 0 Å². The molecule has 0 nitrogen and oxygen atoms in total. The number of hydrogen-bond acceptors (Lipinski definition) is 0. The third kappa shape index (κ3) is 3.94. The predicted octanol–water partition coefficient (Wildman–Crippen LogP) is 4.76. The molecule has 0 aromatic carbocycles. The molecule has 1 aliphatic carbocycles. The average molecular weight is 172 g/mol. The van der Waals surface area contributed by atoms with Crippen molar-refractivity contribution in [3.8, 4) is 0 Å². The zero-order valence-corrected chi connectivity index (χ0v) is 6.59. The lowest BCUT2D eigenvalue weighted by atomic mass is 9.88. The van der Waals surface area contributed by atoms with Crippen LogP contribution in [0, 0.1) is 17.8 Å². The van der Waals surface area contributed by atoms with E-state index in [0.29, 0.717) is 0 Å². The van der Waals surface area contributed by atoms with Crippen molar-refractivity contribution in [1.29, 1.82) is 0 Å². The summed E-state index contributed by atoms with van der Waals surface area (Å²) >= 11 is 0. The predicted molar refractivity (Wildman–Crippen MR) is 61.4 cm³/mol. The highest BCUT2D eigenvalue weighted by Gasteiger charge is 2.20. The standard InChI is InChI=1S/C9H16.3CH4/c1-7(2)9-6-4-5-8(9)3;;;/h4,6-9H,5H2,1-3H3;3*1H4. The van der Waals surface area contributed by atoms with Crippen LogP contribution in [0.25, 0.3) is 0 Å². The maximum atomic E-state index is 2.37. The lowest BCUT2D eigenvalue weighted by Gasteiger charge is -2.17. The molecule has 12 heavy (non-hydrogen) atoms. The maximum Gasteiger partial charge on any atom is -0.0182 e. The minimum absolute atomic E-state index is 0. The van der Waals surface area contributed by atoms with Gasteiger partial charge in [0.2, 0.25) is 0 Å². The van der Waals surface area contributed by atoms with E-state index in [1.165, 1.54) is 6.42 Å². The molecule has 2 unspecified atom stereocenters. The molecule has 0 saturated carbocycles. The lowest BCUT2D eigenvalue weighted by Crippen LogP contribution is -2.10. The second-order valence-corrected chi connectivity index (χ2v) is 3.46. The van der Waals surface area contributed by atoms with Crippen molar-refractivity contribution in [1.82, 2.24) is 0 Å². The number of hydrogen-bond donors (Lipinski definition) is 0. The fourth-order valence-electron chi connectivity index (χ4n) is 1.68. The van der Waals surface area contributed by atoms with Gasteiger partial charge in [-0.25, -0.2) is 0 Å². The van der Waals surface area contributed by atoms with Crippen LogP contribution in [0.2, 0.25) is 0 Å². The summed E-state index contributed by atoms with van der Waals surface area (Å²) in [4.78, 5) is 0. The Morgan fingerprint density at radius 3 is 1.83 bits per heavy atom. The molecule has 0 radical (unpaired) electrons. The molecule has 1 rings (SSSR count). The Bertz CT molecular complexity index is 111. The summed E-state index contributed by atoms with van der Waals surface area (Å²) in [5.41, 5.74) is 0. The normalized spacial score (nSPS) is 25.7. The first-order valence-corrected chi connectivity index (χ1v) is 3.88. The molecular formula is C12H28. The Morgan fingerprint density at radius 2 is 1.67 bits per heavy atom. The van der Waals surface area contributed by atoms with E-state index >= 15 is 0 Å². The van der Waals surface area contributed by atoms with Crippen LogP contribution in [-0.2, 0) is 0 Å². The van der Waals surface area contributed by atoms with E-state index in [0.717, 1.165) is 17.8 Å². The molecule has 0 fully saturated rings. The molecule has 0 saturated heterocycles. The molecule has 1 aliphatic rings. The van der Waals surface area contributed by atoms with E-state index in [2.05, 4.69) is 32.9 Å². The van der Waals surface area contributed by atoms with E-state index in [1.54, 1.807) is 0 Å². The van der Waals surface area contributed by atoms with Gasteiger partial charge in [0, 0.05) is 0 Å². The molecule has 0 heterocycles. The van der Waals surface area contributed by atoms with Gasteiger partial charge in [-0.2, -0.15) is 0 Å². The molecule has 0 aromatic heterocycles. The van der Waals surface area contributed by atoms with E-state index < -0.39 is 0 Å². The van der Waals surface area contributed by atoms with Gasteiger partial charge in [0.25, 0.3) is 0 Å². The van der Waals surface area contributed by atoms with Crippen LogP contribution in [0.3, 0.4) is 0 Å². The SMILES string of the molecule is C.C.C.CC(C)C1C=CCC1C. The third-order valence-corrected chi connectivity index (χ3v) is 2.29. The second kappa shape index (κ2) is 7.39. The number of allylic oxidation sites excluding steroid dienone is 2. The Morgan fingerprint density at radius 1 is 1.17 bits per heavy atom. The average Bonchev–Trinajstić information content (AvgIpc) is 2.13. The highest BCUT2D eigenvalue weighted by molar-refractivity contribution is 5.00. The van der Waals surface area contributed by atoms with Gasteiger partial charge in [0.05, 0.1) is 0 Å². The smallest absolute Gasteiger partial charge is 0.0182 e. The lowest BCUT2D eigenvalue weighted by molar-refractivity contribution is 0.357. The summed E-state index contributed by atoms with van der Waals surface area (Å²) in [5.74, 6) is 2.58. The summed E-state index contributed by atoms with van der Waals surface area (Å²) in [7, 11) is 0. The molecule has 2 atom stereocenters. The number of rotatable bonds is 1. The summed E-state index contributed by atoms with van der Waals surface area (Å²) in [6.45, 7) is 6.94. The molecule has 0 heteroatoms. The van der Waals surface area contributed by atoms with Crippen LogP contribution in [0.4, 0.5) is 0 Å². The van der Waals surface area contributed by atoms with Gasteiger partial charge in [-0.05, 0) is 24.2 Å². The first-order valence-electron chi connectivity index (χ1n) is 3.88. The zero-order chi connectivity index (χ0) is 6.85. The van der Waals surface area contributed by atoms with Gasteiger partial charge in [-0.15, -0.1) is 0 Å². The monoisotopic (exact) mass is 172 g/mol. The summed E-state index contributed by atoms with van der Waals surface area (Å²) in [6.07, 6.45) is 5.98. The van der Waals surface area contributed by atoms with Crippen LogP contribution in [-0.4, -0.2) is 0 Å². The fourth-order valence-corrected chi connectivity index (χ4v) is 1.68. The van der Waals surface area contributed by atoms with Crippen LogP contribution >= 0.6 is 0 Å². The Balaban J connectivity index is -0.000000270. The Labute approximate surface area is 80.1 Å². The first-order chi connectivity index (χ1) is 4.22. The van der Waals surface area contributed by atoms with Crippen molar-refractivity contribution < 1.29 is 0 Å². The zero-order valence-electron chi connectivity index (χ0n) is 6.59. The quantitative estimate of drug-likeness (QED) is 0.500. The van der Waals surface area contributed by atoms with Crippen LogP contribution in [0.15, 0.2) is 12.2 Å². The van der Waals surface area contributed by atoms with Gasteiger partial charge in [0.1, 0.15) is 0 Å². The molecule has 0 aromatic rings. The third-order valence-electron chi connectivity index (χ3n) is 2.29. The van der Waals surface area contributed by atoms with E-state index in [-0.39, 0.29) is 22.3 Å². The summed E-state index contributed by atoms with van der Waals surface area (Å²) in [5, 5.41) is 0. The minimum atomic E-state index is 0. The largest absolute Gasteiger partial charge is 0.0880 e.